The van der Waals surface area contributed by atoms with E-state index >= 15 is 0 Å². The topological polar surface area (TPSA) is 113 Å². The number of hydrogen-bond donors (Lipinski definition) is 2. The lowest BCUT2D eigenvalue weighted by atomic mass is 9.90. The van der Waals surface area contributed by atoms with E-state index in [1.807, 2.05) is 27.0 Å². The number of nitrogens with zero attached hydrogens (tertiary/aromatic N) is 6. The molecule has 0 radical (unpaired) electrons. The van der Waals surface area contributed by atoms with E-state index < -0.39 is 5.60 Å². The van der Waals surface area contributed by atoms with Crippen LogP contribution in [0.2, 0.25) is 0 Å². The average molecular weight is 601 g/mol. The van der Waals surface area contributed by atoms with Gasteiger partial charge < -0.3 is 24.7 Å². The zero-order valence-corrected chi connectivity index (χ0v) is 26.1. The van der Waals surface area contributed by atoms with Crippen molar-refractivity contribution in [1.29, 1.82) is 0 Å². The molecule has 7 rings (SSSR count). The van der Waals surface area contributed by atoms with Crippen molar-refractivity contribution in [3.63, 3.8) is 0 Å². The van der Waals surface area contributed by atoms with Gasteiger partial charge in [-0.05, 0) is 77.0 Å². The molecule has 11 heteroatoms. The number of carbonyl (C=O) groups is 1. The molecular weight excluding hydrogens is 556 g/mol. The van der Waals surface area contributed by atoms with Crippen molar-refractivity contribution in [1.82, 2.24) is 34.5 Å². The molecule has 11 nitrogen and oxygen atoms in total. The molecule has 1 amide bonds. The molecule has 2 aliphatic heterocycles. The summed E-state index contributed by atoms with van der Waals surface area (Å²) in [6.45, 7) is 10.9. The van der Waals surface area contributed by atoms with Crippen LogP contribution in [0.4, 0.5) is 10.6 Å². The highest BCUT2D eigenvalue weighted by molar-refractivity contribution is 6.12. The number of anilines is 1. The molecule has 0 spiro atoms. The van der Waals surface area contributed by atoms with Gasteiger partial charge in [0.15, 0.2) is 0 Å². The number of carbonyl (C=O) groups excluding carboxylic acids is 1. The smallest absolute Gasteiger partial charge is 0.410 e. The Balaban J connectivity index is 1.05. The van der Waals surface area contributed by atoms with Crippen molar-refractivity contribution in [3.05, 3.63) is 36.9 Å². The Morgan fingerprint density at radius 2 is 1.75 bits per heavy atom. The van der Waals surface area contributed by atoms with E-state index in [0.29, 0.717) is 25.2 Å². The first-order valence-electron chi connectivity index (χ1n) is 16.2. The Labute approximate surface area is 258 Å². The Morgan fingerprint density at radius 1 is 0.977 bits per heavy atom. The first-order valence-corrected chi connectivity index (χ1v) is 16.2. The van der Waals surface area contributed by atoms with Gasteiger partial charge in [0.2, 0.25) is 0 Å². The third-order valence-corrected chi connectivity index (χ3v) is 9.41. The van der Waals surface area contributed by atoms with Crippen LogP contribution in [0.5, 0.6) is 0 Å². The molecule has 3 aliphatic rings. The summed E-state index contributed by atoms with van der Waals surface area (Å²) >= 11 is 0. The number of ether oxygens (including phenoxy) is 2. The normalized spacial score (nSPS) is 22.5. The number of fused-ring (bicyclic) bond motifs is 3. The van der Waals surface area contributed by atoms with Gasteiger partial charge in [-0.25, -0.2) is 14.8 Å². The fourth-order valence-corrected chi connectivity index (χ4v) is 7.06. The second kappa shape index (κ2) is 12.0. The summed E-state index contributed by atoms with van der Waals surface area (Å²) in [4.78, 5) is 29.7. The van der Waals surface area contributed by atoms with E-state index in [1.165, 1.54) is 12.8 Å². The van der Waals surface area contributed by atoms with Crippen LogP contribution in [-0.2, 0) is 9.47 Å². The van der Waals surface area contributed by atoms with Crippen molar-refractivity contribution in [3.8, 4) is 11.1 Å². The van der Waals surface area contributed by atoms with Crippen molar-refractivity contribution < 1.29 is 14.3 Å². The van der Waals surface area contributed by atoms with Crippen LogP contribution in [0.3, 0.4) is 0 Å². The van der Waals surface area contributed by atoms with Gasteiger partial charge in [0, 0.05) is 60.9 Å². The molecule has 2 saturated heterocycles. The molecule has 0 atom stereocenters. The van der Waals surface area contributed by atoms with Crippen LogP contribution in [0, 0.1) is 0 Å². The molecule has 1 aliphatic carbocycles. The van der Waals surface area contributed by atoms with Crippen molar-refractivity contribution in [2.24, 2.45) is 0 Å². The van der Waals surface area contributed by atoms with E-state index in [1.54, 1.807) is 11.2 Å². The summed E-state index contributed by atoms with van der Waals surface area (Å²) in [5.41, 5.74) is 3.59. The molecular formula is C33H44N8O3. The molecule has 3 aromatic heterocycles. The minimum Gasteiger partial charge on any atom is -0.444 e. The van der Waals surface area contributed by atoms with Gasteiger partial charge in [-0.1, -0.05) is 6.07 Å². The fraction of sp³-hybridized carbons (Fsp3) is 0.576. The second-order valence-electron chi connectivity index (χ2n) is 13.5. The molecule has 3 fully saturated rings. The third-order valence-electron chi connectivity index (χ3n) is 9.41. The molecule has 1 aromatic carbocycles. The van der Waals surface area contributed by atoms with Gasteiger partial charge in [0.05, 0.1) is 30.8 Å². The van der Waals surface area contributed by atoms with Crippen LogP contribution in [-0.4, -0.2) is 97.7 Å². The maximum absolute atomic E-state index is 12.5. The average Bonchev–Trinajstić information content (AvgIpc) is 3.67. The molecule has 234 valence electrons. The number of H-pyrrole nitrogens is 1. The molecule has 0 unspecified atom stereocenters. The summed E-state index contributed by atoms with van der Waals surface area (Å²) in [6.07, 6.45) is 11.9. The predicted molar refractivity (Wildman–Crippen MR) is 171 cm³/mol. The highest BCUT2D eigenvalue weighted by atomic mass is 16.6. The van der Waals surface area contributed by atoms with Gasteiger partial charge >= 0.3 is 6.09 Å². The van der Waals surface area contributed by atoms with Crippen LogP contribution in [0.25, 0.3) is 33.1 Å². The largest absolute Gasteiger partial charge is 0.444 e. The molecule has 1 saturated carbocycles. The van der Waals surface area contributed by atoms with Gasteiger partial charge in [-0.3, -0.25) is 9.58 Å². The van der Waals surface area contributed by atoms with Gasteiger partial charge in [-0.15, -0.1) is 0 Å². The van der Waals surface area contributed by atoms with E-state index in [2.05, 4.69) is 49.3 Å². The highest BCUT2D eigenvalue weighted by Crippen LogP contribution is 2.35. The van der Waals surface area contributed by atoms with Crippen molar-refractivity contribution in [2.45, 2.75) is 83.0 Å². The Bertz CT molecular complexity index is 1600. The highest BCUT2D eigenvalue weighted by Gasteiger charge is 2.29. The van der Waals surface area contributed by atoms with Crippen LogP contribution in [0.15, 0.2) is 36.9 Å². The number of morpholine rings is 1. The van der Waals surface area contributed by atoms with E-state index in [0.717, 1.165) is 90.9 Å². The minimum absolute atomic E-state index is 0.234. The Morgan fingerprint density at radius 3 is 2.50 bits per heavy atom. The van der Waals surface area contributed by atoms with Crippen LogP contribution >= 0.6 is 0 Å². The zero-order valence-electron chi connectivity index (χ0n) is 26.1. The standard InChI is InChI=1S/C33H44N8O3/c1-33(2,3)44-32(42)40-12-10-26(11-13-40)41-20-23(19-36-41)22-4-9-28-27(18-22)29-30(34-21-35-31(29)38-28)37-24-5-7-25(8-6-24)39-14-16-43-17-15-39/h4,9,18-21,24-26H,5-8,10-17H2,1-3H3,(H2,34,35,37,38). The van der Waals surface area contributed by atoms with Crippen LogP contribution in [0.1, 0.15) is 65.3 Å². The van der Waals surface area contributed by atoms with Gasteiger partial charge in [-0.2, -0.15) is 5.10 Å². The molecule has 44 heavy (non-hydrogen) atoms. The lowest BCUT2D eigenvalue weighted by Crippen LogP contribution is -2.46. The van der Waals surface area contributed by atoms with Gasteiger partial charge in [0.1, 0.15) is 23.4 Å². The SMILES string of the molecule is CC(C)(C)OC(=O)N1CCC(n2cc(-c3ccc4[nH]c5ncnc(NC6CCC(N7CCOCC7)CC6)c5c4c3)cn2)CC1. The summed E-state index contributed by atoms with van der Waals surface area (Å²) in [5.74, 6) is 0.903. The lowest BCUT2D eigenvalue weighted by molar-refractivity contribution is 0.00790. The summed E-state index contributed by atoms with van der Waals surface area (Å²) < 4.78 is 13.2. The number of amides is 1. The number of benzene rings is 1. The summed E-state index contributed by atoms with van der Waals surface area (Å²) in [6, 6.07) is 7.80. The number of nitrogens with one attached hydrogen (secondary N) is 2. The Hall–Kier alpha value is -3.70. The van der Waals surface area contributed by atoms with E-state index in [-0.39, 0.29) is 12.1 Å². The maximum Gasteiger partial charge on any atom is 0.410 e. The quantitative estimate of drug-likeness (QED) is 0.304. The number of aromatic nitrogens is 5. The monoisotopic (exact) mass is 600 g/mol. The second-order valence-corrected chi connectivity index (χ2v) is 13.5. The third kappa shape index (κ3) is 6.12. The number of piperidine rings is 1. The number of rotatable bonds is 5. The first kappa shape index (κ1) is 29.0. The minimum atomic E-state index is -0.484. The number of aromatic amines is 1. The number of likely N-dealkylation sites (tertiary alicyclic amines) is 1. The molecule has 2 N–H and O–H groups in total. The summed E-state index contributed by atoms with van der Waals surface area (Å²) in [7, 11) is 0. The maximum atomic E-state index is 12.5. The van der Waals surface area contributed by atoms with E-state index in [9.17, 15) is 4.79 Å². The Kier molecular flexibility index (Phi) is 7.92. The van der Waals surface area contributed by atoms with Gasteiger partial charge in [0.25, 0.3) is 0 Å². The fourth-order valence-electron chi connectivity index (χ4n) is 7.06. The summed E-state index contributed by atoms with van der Waals surface area (Å²) in [5, 5.41) is 10.7. The molecule has 0 bridgehead atoms. The van der Waals surface area contributed by atoms with Crippen LogP contribution < -0.4 is 5.32 Å². The first-order chi connectivity index (χ1) is 21.3. The molecule has 4 aromatic rings. The van der Waals surface area contributed by atoms with Crippen molar-refractivity contribution in [2.75, 3.05) is 44.7 Å². The van der Waals surface area contributed by atoms with Crippen molar-refractivity contribution >= 4 is 33.8 Å². The predicted octanol–water partition coefficient (Wildman–Crippen LogP) is 5.60. The lowest BCUT2D eigenvalue weighted by Gasteiger charge is -2.39. The zero-order chi connectivity index (χ0) is 30.3. The number of hydrogen-bond acceptors (Lipinski definition) is 8. The van der Waals surface area contributed by atoms with E-state index in [4.69, 9.17) is 19.6 Å². The molecule has 5 heterocycles.